The molecule has 0 radical (unpaired) electrons. The molecule has 0 saturated carbocycles. The molecule has 1 atom stereocenters. The molecule has 2 aromatic rings. The molecule has 0 aliphatic carbocycles. The van der Waals surface area contributed by atoms with Crippen LogP contribution in [0, 0.1) is 0 Å². The number of carbonyl (C=O) groups excluding carboxylic acids is 3. The Morgan fingerprint density at radius 3 is 2.32 bits per heavy atom. The number of hydrogen-bond donors (Lipinski definition) is 0. The van der Waals surface area contributed by atoms with Gasteiger partial charge in [0.2, 0.25) is 5.91 Å². The third-order valence-electron chi connectivity index (χ3n) is 4.40. The summed E-state index contributed by atoms with van der Waals surface area (Å²) in [5, 5.41) is 0. The molecule has 1 unspecified atom stereocenters. The topological polar surface area (TPSA) is 66.9 Å². The quantitative estimate of drug-likeness (QED) is 0.788. The minimum Gasteiger partial charge on any atom is -0.487 e. The monoisotopic (exact) mass is 336 g/mol. The van der Waals surface area contributed by atoms with E-state index in [-0.39, 0.29) is 18.6 Å². The van der Waals surface area contributed by atoms with Gasteiger partial charge in [-0.1, -0.05) is 24.3 Å². The number of imide groups is 1. The Labute approximate surface area is 144 Å². The van der Waals surface area contributed by atoms with Crippen molar-refractivity contribution in [2.24, 2.45) is 0 Å². The van der Waals surface area contributed by atoms with Crippen LogP contribution in [-0.2, 0) is 4.79 Å². The van der Waals surface area contributed by atoms with E-state index in [2.05, 4.69) is 0 Å². The number of amides is 3. The summed E-state index contributed by atoms with van der Waals surface area (Å²) in [5.41, 5.74) is 1.34. The SMILES string of the molecule is CC1CN(C(=O)CN2C(=O)c3ccccc3C2=O)c2ccccc2O1. The van der Waals surface area contributed by atoms with E-state index in [1.165, 1.54) is 0 Å². The summed E-state index contributed by atoms with van der Waals surface area (Å²) in [6, 6.07) is 13.9. The Morgan fingerprint density at radius 1 is 1.04 bits per heavy atom. The molecule has 2 aliphatic rings. The molecule has 0 aromatic heterocycles. The lowest BCUT2D eigenvalue weighted by molar-refractivity contribution is -0.119. The van der Waals surface area contributed by atoms with E-state index in [9.17, 15) is 14.4 Å². The van der Waals surface area contributed by atoms with Crippen LogP contribution in [0.15, 0.2) is 48.5 Å². The van der Waals surface area contributed by atoms with Crippen LogP contribution in [-0.4, -0.2) is 41.8 Å². The van der Waals surface area contributed by atoms with E-state index < -0.39 is 11.8 Å². The highest BCUT2D eigenvalue weighted by Gasteiger charge is 2.38. The van der Waals surface area contributed by atoms with Crippen molar-refractivity contribution in [3.8, 4) is 5.75 Å². The second kappa shape index (κ2) is 5.73. The highest BCUT2D eigenvalue weighted by molar-refractivity contribution is 6.22. The van der Waals surface area contributed by atoms with Gasteiger partial charge in [0.05, 0.1) is 23.4 Å². The summed E-state index contributed by atoms with van der Waals surface area (Å²) in [7, 11) is 0. The molecule has 3 amide bonds. The number of para-hydroxylation sites is 2. The molecule has 0 bridgehead atoms. The molecule has 126 valence electrons. The minimum atomic E-state index is -0.427. The fraction of sp³-hybridized carbons (Fsp3) is 0.211. The van der Waals surface area contributed by atoms with Crippen LogP contribution >= 0.6 is 0 Å². The van der Waals surface area contributed by atoms with Gasteiger partial charge in [-0.15, -0.1) is 0 Å². The Bertz CT molecular complexity index is 857. The molecular formula is C19H16N2O4. The smallest absolute Gasteiger partial charge is 0.262 e. The summed E-state index contributed by atoms with van der Waals surface area (Å²) in [4.78, 5) is 40.3. The maximum absolute atomic E-state index is 12.8. The van der Waals surface area contributed by atoms with Crippen molar-refractivity contribution in [2.75, 3.05) is 18.0 Å². The Morgan fingerprint density at radius 2 is 1.64 bits per heavy atom. The summed E-state index contributed by atoms with van der Waals surface area (Å²) in [5.74, 6) is -0.541. The van der Waals surface area contributed by atoms with Crippen LogP contribution in [0.5, 0.6) is 5.75 Å². The van der Waals surface area contributed by atoms with Crippen LogP contribution in [0.2, 0.25) is 0 Å². The number of carbonyl (C=O) groups is 3. The summed E-state index contributed by atoms with van der Waals surface area (Å²) >= 11 is 0. The number of fused-ring (bicyclic) bond motifs is 2. The van der Waals surface area contributed by atoms with Gasteiger partial charge in [-0.25, -0.2) is 0 Å². The van der Waals surface area contributed by atoms with Crippen LogP contribution < -0.4 is 9.64 Å². The van der Waals surface area contributed by atoms with Gasteiger partial charge in [-0.05, 0) is 31.2 Å². The van der Waals surface area contributed by atoms with Gasteiger partial charge in [-0.2, -0.15) is 0 Å². The molecule has 2 aromatic carbocycles. The molecule has 0 fully saturated rings. The summed E-state index contributed by atoms with van der Waals surface area (Å²) < 4.78 is 5.73. The standard InChI is InChI=1S/C19H16N2O4/c1-12-10-20(15-8-4-5-9-16(15)25-12)17(22)11-21-18(23)13-6-2-3-7-14(13)19(21)24/h2-9,12H,10-11H2,1H3. The number of anilines is 1. The third-order valence-corrected chi connectivity index (χ3v) is 4.40. The zero-order valence-electron chi connectivity index (χ0n) is 13.6. The van der Waals surface area contributed by atoms with E-state index in [1.807, 2.05) is 19.1 Å². The summed E-state index contributed by atoms with van der Waals surface area (Å²) in [6.45, 7) is 1.96. The van der Waals surface area contributed by atoms with Crippen molar-refractivity contribution in [3.63, 3.8) is 0 Å². The fourth-order valence-corrected chi connectivity index (χ4v) is 3.23. The molecule has 0 saturated heterocycles. The van der Waals surface area contributed by atoms with Crippen molar-refractivity contribution in [1.82, 2.24) is 4.90 Å². The maximum Gasteiger partial charge on any atom is 0.262 e. The predicted molar refractivity (Wildman–Crippen MR) is 90.7 cm³/mol. The van der Waals surface area contributed by atoms with E-state index in [0.717, 1.165) is 4.90 Å². The molecule has 0 N–H and O–H groups in total. The van der Waals surface area contributed by atoms with Crippen LogP contribution in [0.25, 0.3) is 0 Å². The lowest BCUT2D eigenvalue weighted by atomic mass is 10.1. The Kier molecular flexibility index (Phi) is 3.53. The molecule has 6 heteroatoms. The first-order valence-corrected chi connectivity index (χ1v) is 8.07. The van der Waals surface area contributed by atoms with Crippen molar-refractivity contribution >= 4 is 23.4 Å². The molecule has 2 aliphatic heterocycles. The molecular weight excluding hydrogens is 320 g/mol. The maximum atomic E-state index is 12.8. The van der Waals surface area contributed by atoms with Crippen LogP contribution in [0.3, 0.4) is 0 Å². The van der Waals surface area contributed by atoms with Crippen molar-refractivity contribution in [3.05, 3.63) is 59.7 Å². The van der Waals surface area contributed by atoms with Crippen molar-refractivity contribution in [2.45, 2.75) is 13.0 Å². The van der Waals surface area contributed by atoms with E-state index in [4.69, 9.17) is 4.74 Å². The number of ether oxygens (including phenoxy) is 1. The zero-order valence-corrected chi connectivity index (χ0v) is 13.6. The largest absolute Gasteiger partial charge is 0.487 e. The van der Waals surface area contributed by atoms with E-state index >= 15 is 0 Å². The predicted octanol–water partition coefficient (Wildman–Crippen LogP) is 2.10. The van der Waals surface area contributed by atoms with E-state index in [0.29, 0.717) is 29.1 Å². The van der Waals surface area contributed by atoms with Gasteiger partial charge < -0.3 is 9.64 Å². The van der Waals surface area contributed by atoms with Crippen molar-refractivity contribution in [1.29, 1.82) is 0 Å². The van der Waals surface area contributed by atoms with Gasteiger partial charge in [-0.3, -0.25) is 19.3 Å². The molecule has 6 nitrogen and oxygen atoms in total. The van der Waals surface area contributed by atoms with Gasteiger partial charge in [0, 0.05) is 0 Å². The lowest BCUT2D eigenvalue weighted by Crippen LogP contribution is -2.47. The molecule has 25 heavy (non-hydrogen) atoms. The van der Waals surface area contributed by atoms with Gasteiger partial charge in [0.15, 0.2) is 0 Å². The number of hydrogen-bond acceptors (Lipinski definition) is 4. The van der Waals surface area contributed by atoms with Gasteiger partial charge in [0.25, 0.3) is 11.8 Å². The third kappa shape index (κ3) is 2.46. The first-order valence-electron chi connectivity index (χ1n) is 8.07. The fourth-order valence-electron chi connectivity index (χ4n) is 3.23. The normalized spacial score (nSPS) is 18.7. The van der Waals surface area contributed by atoms with E-state index in [1.54, 1.807) is 41.3 Å². The number of benzene rings is 2. The number of nitrogens with zero attached hydrogens (tertiary/aromatic N) is 2. The second-order valence-electron chi connectivity index (χ2n) is 6.14. The lowest BCUT2D eigenvalue weighted by Gasteiger charge is -2.34. The summed E-state index contributed by atoms with van der Waals surface area (Å²) in [6.07, 6.45) is -0.166. The van der Waals surface area contributed by atoms with Gasteiger partial charge in [0.1, 0.15) is 18.4 Å². The zero-order chi connectivity index (χ0) is 17.6. The second-order valence-corrected chi connectivity index (χ2v) is 6.14. The molecule has 4 rings (SSSR count). The highest BCUT2D eigenvalue weighted by atomic mass is 16.5. The first-order chi connectivity index (χ1) is 12.1. The molecule has 0 spiro atoms. The number of rotatable bonds is 2. The Balaban J connectivity index is 1.60. The highest BCUT2D eigenvalue weighted by Crippen LogP contribution is 2.33. The minimum absolute atomic E-state index is 0.166. The average Bonchev–Trinajstić information content (AvgIpc) is 2.86. The molecule has 2 heterocycles. The van der Waals surface area contributed by atoms with Crippen molar-refractivity contribution < 1.29 is 19.1 Å². The van der Waals surface area contributed by atoms with Gasteiger partial charge >= 0.3 is 0 Å². The average molecular weight is 336 g/mol. The first kappa shape index (κ1) is 15.4. The van der Waals surface area contributed by atoms with Crippen LogP contribution in [0.4, 0.5) is 5.69 Å². The van der Waals surface area contributed by atoms with Crippen LogP contribution in [0.1, 0.15) is 27.6 Å². The Hall–Kier alpha value is -3.15.